The Kier molecular flexibility index (Phi) is 2.11. The lowest BCUT2D eigenvalue weighted by atomic mass is 9.98. The maximum absolute atomic E-state index is 9.60. The van der Waals surface area contributed by atoms with Gasteiger partial charge in [0.25, 0.3) is 0 Å². The molecule has 0 unspecified atom stereocenters. The van der Waals surface area contributed by atoms with Crippen molar-refractivity contribution in [3.63, 3.8) is 0 Å². The molecule has 4 heteroatoms. The van der Waals surface area contributed by atoms with Crippen LogP contribution in [0.3, 0.4) is 0 Å². The molecule has 1 aliphatic rings. The number of hydrogen-bond acceptors (Lipinski definition) is 4. The van der Waals surface area contributed by atoms with Crippen molar-refractivity contribution in [2.75, 3.05) is 6.61 Å². The highest BCUT2D eigenvalue weighted by molar-refractivity contribution is 5.35. The molecule has 0 amide bonds. The first kappa shape index (κ1) is 8.74. The quantitative estimate of drug-likeness (QED) is 0.611. The molecule has 1 aliphatic carbocycles. The molecule has 0 saturated carbocycles. The number of furan rings is 1. The fraction of sp³-hybridized carbons (Fsp3) is 0.556. The predicted molar refractivity (Wildman–Crippen MR) is 44.1 cm³/mol. The van der Waals surface area contributed by atoms with Gasteiger partial charge in [0.2, 0.25) is 0 Å². The van der Waals surface area contributed by atoms with Crippen LogP contribution < -0.4 is 0 Å². The molecule has 13 heavy (non-hydrogen) atoms. The molecule has 0 spiro atoms. The molecule has 1 heterocycles. The van der Waals surface area contributed by atoms with Crippen molar-refractivity contribution in [1.29, 1.82) is 0 Å². The van der Waals surface area contributed by atoms with Gasteiger partial charge in [-0.25, -0.2) is 0 Å². The summed E-state index contributed by atoms with van der Waals surface area (Å²) >= 11 is 0. The fourth-order valence-electron chi connectivity index (χ4n) is 1.91. The van der Waals surface area contributed by atoms with E-state index in [1.165, 1.54) is 12.5 Å². The van der Waals surface area contributed by atoms with E-state index in [2.05, 4.69) is 0 Å². The molecule has 1 aromatic heterocycles. The normalized spacial score (nSPS) is 32.1. The van der Waals surface area contributed by atoms with Crippen molar-refractivity contribution in [2.45, 2.75) is 24.5 Å². The molecule has 0 aromatic carbocycles. The first-order chi connectivity index (χ1) is 6.25. The predicted octanol–water partition coefficient (Wildman–Crippen LogP) is 0.153. The third kappa shape index (κ3) is 1.18. The Morgan fingerprint density at radius 3 is 2.62 bits per heavy atom. The second-order valence-electron chi connectivity index (χ2n) is 3.34. The monoisotopic (exact) mass is 184 g/mol. The van der Waals surface area contributed by atoms with Crippen LogP contribution in [0.1, 0.15) is 29.6 Å². The summed E-state index contributed by atoms with van der Waals surface area (Å²) in [6.45, 7) is -0.000926. The van der Waals surface area contributed by atoms with Gasteiger partial charge in [-0.2, -0.15) is 0 Å². The number of aliphatic hydroxyl groups is 3. The van der Waals surface area contributed by atoms with Crippen LogP contribution in [-0.2, 0) is 0 Å². The summed E-state index contributed by atoms with van der Waals surface area (Å²) in [6.07, 6.45) is 1.74. The molecule has 2 rings (SSSR count). The van der Waals surface area contributed by atoms with Crippen LogP contribution in [0.25, 0.3) is 0 Å². The molecule has 72 valence electrons. The molecule has 1 aromatic rings. The molecule has 0 saturated heterocycles. The molecular weight excluding hydrogens is 172 g/mol. The van der Waals surface area contributed by atoms with E-state index in [4.69, 9.17) is 9.52 Å². The minimum absolute atomic E-state index is 0.000926. The summed E-state index contributed by atoms with van der Waals surface area (Å²) in [5.74, 6) is -0.200. The molecule has 0 bridgehead atoms. The molecule has 3 N–H and O–H groups in total. The van der Waals surface area contributed by atoms with Gasteiger partial charge in [-0.3, -0.25) is 0 Å². The van der Waals surface area contributed by atoms with Gasteiger partial charge in [0.05, 0.1) is 18.6 Å². The number of hydrogen-bond donors (Lipinski definition) is 3. The standard InChI is InChI=1S/C9H12O4/c10-2-1-5-6-3-13-4-7(6)9(12)8(5)11/h3-5,8-12H,1-2H2/t5-,8+,9-/m0/s1. The van der Waals surface area contributed by atoms with Gasteiger partial charge in [0.15, 0.2) is 0 Å². The zero-order valence-electron chi connectivity index (χ0n) is 7.05. The molecule has 0 radical (unpaired) electrons. The maximum Gasteiger partial charge on any atom is 0.109 e. The molecule has 0 aliphatic heterocycles. The minimum atomic E-state index is -0.870. The second kappa shape index (κ2) is 3.14. The summed E-state index contributed by atoms with van der Waals surface area (Å²) in [5, 5.41) is 27.9. The van der Waals surface area contributed by atoms with Crippen molar-refractivity contribution in [3.8, 4) is 0 Å². The van der Waals surface area contributed by atoms with Crippen LogP contribution in [0.4, 0.5) is 0 Å². The highest BCUT2D eigenvalue weighted by Crippen LogP contribution is 2.42. The van der Waals surface area contributed by atoms with Crippen LogP contribution in [0.2, 0.25) is 0 Å². The van der Waals surface area contributed by atoms with Gasteiger partial charge in [-0.05, 0) is 6.42 Å². The molecule has 0 fully saturated rings. The minimum Gasteiger partial charge on any atom is -0.472 e. The first-order valence-corrected chi connectivity index (χ1v) is 4.28. The van der Waals surface area contributed by atoms with Crippen molar-refractivity contribution >= 4 is 0 Å². The van der Waals surface area contributed by atoms with Gasteiger partial charge in [-0.15, -0.1) is 0 Å². The van der Waals surface area contributed by atoms with Crippen LogP contribution >= 0.6 is 0 Å². The lowest BCUT2D eigenvalue weighted by Crippen LogP contribution is -2.19. The Bertz CT molecular complexity index is 294. The second-order valence-corrected chi connectivity index (χ2v) is 3.34. The van der Waals surface area contributed by atoms with Crippen molar-refractivity contribution in [3.05, 3.63) is 23.7 Å². The Labute approximate surface area is 75.4 Å². The Morgan fingerprint density at radius 2 is 1.92 bits per heavy atom. The average molecular weight is 184 g/mol. The van der Waals surface area contributed by atoms with Crippen LogP contribution in [0, 0.1) is 0 Å². The Morgan fingerprint density at radius 1 is 1.23 bits per heavy atom. The van der Waals surface area contributed by atoms with E-state index in [9.17, 15) is 10.2 Å². The van der Waals surface area contributed by atoms with Gasteiger partial charge < -0.3 is 19.7 Å². The van der Waals surface area contributed by atoms with E-state index in [1.54, 1.807) is 0 Å². The molecule has 4 nitrogen and oxygen atoms in total. The summed E-state index contributed by atoms with van der Waals surface area (Å²) in [7, 11) is 0. The van der Waals surface area contributed by atoms with Crippen molar-refractivity contribution in [1.82, 2.24) is 0 Å². The number of rotatable bonds is 2. The Balaban J connectivity index is 2.31. The highest BCUT2D eigenvalue weighted by atomic mass is 16.3. The van der Waals surface area contributed by atoms with E-state index in [0.29, 0.717) is 12.0 Å². The highest BCUT2D eigenvalue weighted by Gasteiger charge is 2.39. The van der Waals surface area contributed by atoms with E-state index >= 15 is 0 Å². The number of aliphatic hydroxyl groups excluding tert-OH is 3. The lowest BCUT2D eigenvalue weighted by molar-refractivity contribution is 0.0113. The van der Waals surface area contributed by atoms with Gasteiger partial charge in [0, 0.05) is 23.7 Å². The van der Waals surface area contributed by atoms with Gasteiger partial charge in [-0.1, -0.05) is 0 Å². The van der Waals surface area contributed by atoms with E-state index in [0.717, 1.165) is 5.56 Å². The largest absolute Gasteiger partial charge is 0.472 e. The summed E-state index contributed by atoms with van der Waals surface area (Å²) < 4.78 is 4.93. The number of fused-ring (bicyclic) bond motifs is 1. The van der Waals surface area contributed by atoms with Crippen LogP contribution in [-0.4, -0.2) is 28.0 Å². The smallest absolute Gasteiger partial charge is 0.109 e. The van der Waals surface area contributed by atoms with Crippen LogP contribution in [0.15, 0.2) is 16.9 Å². The fourth-order valence-corrected chi connectivity index (χ4v) is 1.91. The van der Waals surface area contributed by atoms with E-state index in [-0.39, 0.29) is 12.5 Å². The van der Waals surface area contributed by atoms with Crippen LogP contribution in [0.5, 0.6) is 0 Å². The average Bonchev–Trinajstić information content (AvgIpc) is 2.66. The first-order valence-electron chi connectivity index (χ1n) is 4.28. The van der Waals surface area contributed by atoms with E-state index < -0.39 is 12.2 Å². The molecule has 3 atom stereocenters. The summed E-state index contributed by atoms with van der Waals surface area (Å²) in [4.78, 5) is 0. The third-order valence-corrected chi connectivity index (χ3v) is 2.62. The topological polar surface area (TPSA) is 73.8 Å². The zero-order valence-corrected chi connectivity index (χ0v) is 7.05. The van der Waals surface area contributed by atoms with Gasteiger partial charge in [0.1, 0.15) is 6.10 Å². The SMILES string of the molecule is OCC[C@H]1c2cocc2[C@H](O)[C@@H]1O. The summed E-state index contributed by atoms with van der Waals surface area (Å²) in [5.41, 5.74) is 1.46. The third-order valence-electron chi connectivity index (χ3n) is 2.62. The summed E-state index contributed by atoms with van der Waals surface area (Å²) in [6, 6.07) is 0. The van der Waals surface area contributed by atoms with E-state index in [1.807, 2.05) is 0 Å². The van der Waals surface area contributed by atoms with Gasteiger partial charge >= 0.3 is 0 Å². The lowest BCUT2D eigenvalue weighted by Gasteiger charge is -2.15. The Hall–Kier alpha value is -0.840. The molecular formula is C9H12O4. The van der Waals surface area contributed by atoms with Crippen molar-refractivity contribution < 1.29 is 19.7 Å². The zero-order chi connectivity index (χ0) is 9.42. The maximum atomic E-state index is 9.60. The van der Waals surface area contributed by atoms with Crippen molar-refractivity contribution in [2.24, 2.45) is 0 Å².